The van der Waals surface area contributed by atoms with Crippen LogP contribution in [0.25, 0.3) is 10.8 Å². The minimum atomic E-state index is -0.639. The van der Waals surface area contributed by atoms with E-state index in [-0.39, 0.29) is 5.97 Å². The second-order valence-electron chi connectivity index (χ2n) is 5.77. The Morgan fingerprint density at radius 1 is 1.05 bits per heavy atom. The quantitative estimate of drug-likeness (QED) is 0.794. The molecule has 0 bridgehead atoms. The molecule has 0 saturated heterocycles. The highest BCUT2D eigenvalue weighted by molar-refractivity contribution is 5.88. The van der Waals surface area contributed by atoms with Crippen molar-refractivity contribution in [3.05, 3.63) is 42.5 Å². The van der Waals surface area contributed by atoms with Crippen molar-refractivity contribution in [1.29, 1.82) is 0 Å². The van der Waals surface area contributed by atoms with Crippen LogP contribution < -0.4 is 4.74 Å². The van der Waals surface area contributed by atoms with Crippen molar-refractivity contribution in [3.63, 3.8) is 0 Å². The minimum absolute atomic E-state index is 0.356. The first-order chi connectivity index (χ1) is 9.37. The monoisotopic (exact) mass is 272 g/mol. The summed E-state index contributed by atoms with van der Waals surface area (Å²) in [5.74, 6) is 0.340. The Labute approximate surface area is 119 Å². The van der Waals surface area contributed by atoms with Crippen molar-refractivity contribution in [2.24, 2.45) is 0 Å². The Morgan fingerprint density at radius 2 is 1.70 bits per heavy atom. The van der Waals surface area contributed by atoms with Gasteiger partial charge in [-0.25, -0.2) is 4.79 Å². The Bertz CT molecular complexity index is 606. The summed E-state index contributed by atoms with van der Waals surface area (Å²) in [5.41, 5.74) is -0.506. The standard InChI is InChI=1S/C17H20O3/c1-12(16(18)20-17(2,3)4)19-15-11-7-9-13-8-5-6-10-14(13)15/h5-12H,1-4H3/t12-/m1/s1. The van der Waals surface area contributed by atoms with E-state index in [1.165, 1.54) is 0 Å². The molecule has 0 heterocycles. The van der Waals surface area contributed by atoms with Gasteiger partial charge in [-0.3, -0.25) is 0 Å². The van der Waals surface area contributed by atoms with E-state index in [1.807, 2.05) is 63.2 Å². The molecule has 3 heteroatoms. The van der Waals surface area contributed by atoms with Crippen molar-refractivity contribution < 1.29 is 14.3 Å². The van der Waals surface area contributed by atoms with Crippen LogP contribution in [0.3, 0.4) is 0 Å². The lowest BCUT2D eigenvalue weighted by atomic mass is 10.1. The zero-order valence-electron chi connectivity index (χ0n) is 12.3. The SMILES string of the molecule is C[C@@H](Oc1cccc2ccccc12)C(=O)OC(C)(C)C. The molecular weight excluding hydrogens is 252 g/mol. The summed E-state index contributed by atoms with van der Waals surface area (Å²) in [6.45, 7) is 7.23. The predicted molar refractivity (Wildman–Crippen MR) is 79.9 cm³/mol. The third-order valence-electron chi connectivity index (χ3n) is 2.79. The van der Waals surface area contributed by atoms with Crippen LogP contribution in [0.2, 0.25) is 0 Å². The lowest BCUT2D eigenvalue weighted by Gasteiger charge is -2.23. The van der Waals surface area contributed by atoms with Crippen LogP contribution in [-0.4, -0.2) is 17.7 Å². The third-order valence-corrected chi connectivity index (χ3v) is 2.79. The molecule has 0 radical (unpaired) electrons. The number of carbonyl (C=O) groups is 1. The van der Waals surface area contributed by atoms with E-state index in [0.717, 1.165) is 10.8 Å². The normalized spacial score (nSPS) is 13.0. The number of fused-ring (bicyclic) bond motifs is 1. The highest BCUT2D eigenvalue weighted by Gasteiger charge is 2.23. The second-order valence-corrected chi connectivity index (χ2v) is 5.77. The number of benzene rings is 2. The zero-order chi connectivity index (χ0) is 14.8. The van der Waals surface area contributed by atoms with Gasteiger partial charge < -0.3 is 9.47 Å². The molecule has 2 aromatic rings. The van der Waals surface area contributed by atoms with E-state index in [9.17, 15) is 4.79 Å². The van der Waals surface area contributed by atoms with Gasteiger partial charge in [0.05, 0.1) is 0 Å². The van der Waals surface area contributed by atoms with Gasteiger partial charge >= 0.3 is 5.97 Å². The van der Waals surface area contributed by atoms with E-state index in [4.69, 9.17) is 9.47 Å². The number of esters is 1. The molecule has 0 aliphatic carbocycles. The van der Waals surface area contributed by atoms with Gasteiger partial charge in [-0.15, -0.1) is 0 Å². The van der Waals surface area contributed by atoms with Crippen molar-refractivity contribution in [2.75, 3.05) is 0 Å². The number of hydrogen-bond acceptors (Lipinski definition) is 3. The molecule has 0 amide bonds. The molecule has 106 valence electrons. The topological polar surface area (TPSA) is 35.5 Å². The van der Waals surface area contributed by atoms with Gasteiger partial charge in [-0.05, 0) is 39.1 Å². The van der Waals surface area contributed by atoms with Gasteiger partial charge in [0.15, 0.2) is 6.10 Å². The van der Waals surface area contributed by atoms with E-state index in [1.54, 1.807) is 6.92 Å². The van der Waals surface area contributed by atoms with Crippen LogP contribution in [-0.2, 0) is 9.53 Å². The fourth-order valence-corrected chi connectivity index (χ4v) is 1.92. The minimum Gasteiger partial charge on any atom is -0.478 e. The molecule has 0 N–H and O–H groups in total. The first-order valence-electron chi connectivity index (χ1n) is 6.74. The maximum absolute atomic E-state index is 12.0. The third kappa shape index (κ3) is 3.50. The summed E-state index contributed by atoms with van der Waals surface area (Å²) in [6.07, 6.45) is -0.639. The maximum atomic E-state index is 12.0. The summed E-state index contributed by atoms with van der Waals surface area (Å²) in [6, 6.07) is 13.7. The molecule has 0 fully saturated rings. The van der Waals surface area contributed by atoms with Gasteiger partial charge in [0.1, 0.15) is 11.4 Å². The highest BCUT2D eigenvalue weighted by Crippen LogP contribution is 2.26. The largest absolute Gasteiger partial charge is 0.478 e. The number of ether oxygens (including phenoxy) is 2. The van der Waals surface area contributed by atoms with Crippen LogP contribution in [0.1, 0.15) is 27.7 Å². The molecule has 0 aliphatic heterocycles. The molecule has 20 heavy (non-hydrogen) atoms. The van der Waals surface area contributed by atoms with Crippen LogP contribution >= 0.6 is 0 Å². The first-order valence-corrected chi connectivity index (χ1v) is 6.74. The predicted octanol–water partition coefficient (Wildman–Crippen LogP) is 3.95. The van der Waals surface area contributed by atoms with Crippen LogP contribution in [0.15, 0.2) is 42.5 Å². The summed E-state index contributed by atoms with van der Waals surface area (Å²) < 4.78 is 11.1. The Balaban J connectivity index is 2.18. The van der Waals surface area contributed by atoms with Crippen molar-refractivity contribution in [3.8, 4) is 5.75 Å². The van der Waals surface area contributed by atoms with Crippen molar-refractivity contribution in [2.45, 2.75) is 39.4 Å². The first kappa shape index (κ1) is 14.4. The number of rotatable bonds is 3. The van der Waals surface area contributed by atoms with Crippen LogP contribution in [0.5, 0.6) is 5.75 Å². The van der Waals surface area contributed by atoms with E-state index >= 15 is 0 Å². The van der Waals surface area contributed by atoms with Crippen molar-refractivity contribution in [1.82, 2.24) is 0 Å². The maximum Gasteiger partial charge on any atom is 0.347 e. The fraction of sp³-hybridized carbons (Fsp3) is 0.353. The zero-order valence-corrected chi connectivity index (χ0v) is 12.3. The molecule has 1 atom stereocenters. The van der Waals surface area contributed by atoms with Gasteiger partial charge in [0.25, 0.3) is 0 Å². The summed E-state index contributed by atoms with van der Waals surface area (Å²) in [4.78, 5) is 12.0. The lowest BCUT2D eigenvalue weighted by Crippen LogP contribution is -2.33. The van der Waals surface area contributed by atoms with Gasteiger partial charge in [-0.1, -0.05) is 36.4 Å². The fourth-order valence-electron chi connectivity index (χ4n) is 1.92. The second kappa shape index (κ2) is 5.53. The summed E-state index contributed by atoms with van der Waals surface area (Å²) >= 11 is 0. The van der Waals surface area contributed by atoms with Gasteiger partial charge in [0, 0.05) is 5.39 Å². The Kier molecular flexibility index (Phi) is 3.98. The molecular formula is C17H20O3. The van der Waals surface area contributed by atoms with Crippen molar-refractivity contribution >= 4 is 16.7 Å². The smallest absolute Gasteiger partial charge is 0.347 e. The lowest BCUT2D eigenvalue weighted by molar-refractivity contribution is -0.162. The average molecular weight is 272 g/mol. The number of carbonyl (C=O) groups excluding carboxylic acids is 1. The molecule has 2 aromatic carbocycles. The molecule has 0 unspecified atom stereocenters. The Hall–Kier alpha value is -2.03. The molecule has 0 spiro atoms. The van der Waals surface area contributed by atoms with Crippen LogP contribution in [0.4, 0.5) is 0 Å². The summed E-state index contributed by atoms with van der Waals surface area (Å²) in [5, 5.41) is 2.08. The molecule has 0 saturated carbocycles. The molecule has 0 aromatic heterocycles. The molecule has 3 nitrogen and oxygen atoms in total. The molecule has 0 aliphatic rings. The summed E-state index contributed by atoms with van der Waals surface area (Å²) in [7, 11) is 0. The molecule has 2 rings (SSSR count). The van der Waals surface area contributed by atoms with Gasteiger partial charge in [-0.2, -0.15) is 0 Å². The average Bonchev–Trinajstić information content (AvgIpc) is 2.37. The van der Waals surface area contributed by atoms with Crippen LogP contribution in [0, 0.1) is 0 Å². The van der Waals surface area contributed by atoms with E-state index < -0.39 is 11.7 Å². The number of hydrogen-bond donors (Lipinski definition) is 0. The van der Waals surface area contributed by atoms with Gasteiger partial charge in [0.2, 0.25) is 0 Å². The van der Waals surface area contributed by atoms with E-state index in [0.29, 0.717) is 5.75 Å². The highest BCUT2D eigenvalue weighted by atomic mass is 16.6. The Morgan fingerprint density at radius 3 is 2.40 bits per heavy atom. The van der Waals surface area contributed by atoms with E-state index in [2.05, 4.69) is 0 Å².